The first-order valence-corrected chi connectivity index (χ1v) is 2.95. The molecule has 0 unspecified atom stereocenters. The summed E-state index contributed by atoms with van der Waals surface area (Å²) in [5.74, 6) is 4.76. The summed E-state index contributed by atoms with van der Waals surface area (Å²) in [7, 11) is 1.44. The van der Waals surface area contributed by atoms with Gasteiger partial charge >= 0.3 is 0 Å². The molecule has 0 spiro atoms. The van der Waals surface area contributed by atoms with Gasteiger partial charge in [-0.25, -0.2) is 10.2 Å². The van der Waals surface area contributed by atoms with Crippen LogP contribution in [-0.4, -0.2) is 12.1 Å². The zero-order chi connectivity index (χ0) is 8.27. The van der Waals surface area contributed by atoms with Crippen molar-refractivity contribution in [3.8, 4) is 5.88 Å². The zero-order valence-corrected chi connectivity index (χ0v) is 5.97. The number of ether oxygens (including phenoxy) is 1. The molecule has 60 valence electrons. The SMILES string of the molecule is COc1ccc(F)c(NN)n1. The van der Waals surface area contributed by atoms with Gasteiger partial charge in [0.25, 0.3) is 0 Å². The van der Waals surface area contributed by atoms with E-state index in [1.807, 2.05) is 0 Å². The number of nitrogen functional groups attached to an aromatic ring is 1. The Morgan fingerprint density at radius 2 is 2.36 bits per heavy atom. The molecule has 4 nitrogen and oxygen atoms in total. The van der Waals surface area contributed by atoms with E-state index in [0.29, 0.717) is 5.88 Å². The highest BCUT2D eigenvalue weighted by Gasteiger charge is 2.02. The lowest BCUT2D eigenvalue weighted by molar-refractivity contribution is 0.396. The molecule has 0 radical (unpaired) electrons. The summed E-state index contributed by atoms with van der Waals surface area (Å²) in [6.07, 6.45) is 0. The highest BCUT2D eigenvalue weighted by Crippen LogP contribution is 2.13. The lowest BCUT2D eigenvalue weighted by Crippen LogP contribution is -2.10. The smallest absolute Gasteiger partial charge is 0.215 e. The minimum Gasteiger partial charge on any atom is -0.481 e. The zero-order valence-electron chi connectivity index (χ0n) is 5.97. The summed E-state index contributed by atoms with van der Waals surface area (Å²) in [6.45, 7) is 0. The maximum absolute atomic E-state index is 12.6. The van der Waals surface area contributed by atoms with Gasteiger partial charge in [0.1, 0.15) is 0 Å². The van der Waals surface area contributed by atoms with Gasteiger partial charge in [0.15, 0.2) is 11.6 Å². The Balaban J connectivity index is 3.02. The Kier molecular flexibility index (Phi) is 2.22. The van der Waals surface area contributed by atoms with E-state index in [1.165, 1.54) is 19.2 Å². The third kappa shape index (κ3) is 1.56. The van der Waals surface area contributed by atoms with Crippen LogP contribution in [0.3, 0.4) is 0 Å². The van der Waals surface area contributed by atoms with E-state index in [4.69, 9.17) is 10.6 Å². The monoisotopic (exact) mass is 157 g/mol. The number of hydrogen-bond acceptors (Lipinski definition) is 4. The third-order valence-corrected chi connectivity index (χ3v) is 1.17. The van der Waals surface area contributed by atoms with E-state index in [9.17, 15) is 4.39 Å². The van der Waals surface area contributed by atoms with Crippen molar-refractivity contribution in [3.05, 3.63) is 17.9 Å². The van der Waals surface area contributed by atoms with Crippen molar-refractivity contribution >= 4 is 5.82 Å². The van der Waals surface area contributed by atoms with Crippen molar-refractivity contribution < 1.29 is 9.13 Å². The van der Waals surface area contributed by atoms with Crippen molar-refractivity contribution in [1.29, 1.82) is 0 Å². The molecule has 0 bridgehead atoms. The quantitative estimate of drug-likeness (QED) is 0.485. The van der Waals surface area contributed by atoms with Crippen LogP contribution in [0.1, 0.15) is 0 Å². The van der Waals surface area contributed by atoms with E-state index >= 15 is 0 Å². The molecule has 0 aromatic carbocycles. The maximum Gasteiger partial charge on any atom is 0.215 e. The van der Waals surface area contributed by atoms with E-state index in [2.05, 4.69) is 10.4 Å². The van der Waals surface area contributed by atoms with Gasteiger partial charge in [0.2, 0.25) is 5.88 Å². The van der Waals surface area contributed by atoms with Gasteiger partial charge < -0.3 is 10.2 Å². The number of halogens is 1. The van der Waals surface area contributed by atoms with Crippen molar-refractivity contribution in [2.45, 2.75) is 0 Å². The fraction of sp³-hybridized carbons (Fsp3) is 0.167. The van der Waals surface area contributed by atoms with Crippen molar-refractivity contribution in [3.63, 3.8) is 0 Å². The molecule has 1 aromatic heterocycles. The second-order valence-corrected chi connectivity index (χ2v) is 1.83. The summed E-state index contributed by atoms with van der Waals surface area (Å²) >= 11 is 0. The Labute approximate surface area is 63.2 Å². The second kappa shape index (κ2) is 3.16. The lowest BCUT2D eigenvalue weighted by atomic mass is 10.4. The van der Waals surface area contributed by atoms with Crippen LogP contribution in [0.4, 0.5) is 10.2 Å². The molecule has 0 saturated carbocycles. The number of pyridine rings is 1. The number of nitrogens with zero attached hydrogens (tertiary/aromatic N) is 1. The number of hydrazine groups is 1. The van der Waals surface area contributed by atoms with Crippen LogP contribution in [0.5, 0.6) is 5.88 Å². The van der Waals surface area contributed by atoms with Gasteiger partial charge in [0.05, 0.1) is 7.11 Å². The van der Waals surface area contributed by atoms with Gasteiger partial charge in [-0.1, -0.05) is 0 Å². The molecule has 5 heteroatoms. The molecular formula is C6H8FN3O. The summed E-state index contributed by atoms with van der Waals surface area (Å²) in [5, 5.41) is 0. The number of methoxy groups -OCH3 is 1. The largest absolute Gasteiger partial charge is 0.481 e. The van der Waals surface area contributed by atoms with Gasteiger partial charge in [-0.15, -0.1) is 0 Å². The predicted molar refractivity (Wildman–Crippen MR) is 38.6 cm³/mol. The fourth-order valence-electron chi connectivity index (χ4n) is 0.639. The Morgan fingerprint density at radius 1 is 1.64 bits per heavy atom. The van der Waals surface area contributed by atoms with Gasteiger partial charge in [-0.3, -0.25) is 0 Å². The first kappa shape index (κ1) is 7.74. The van der Waals surface area contributed by atoms with Crippen molar-refractivity contribution in [2.24, 2.45) is 5.84 Å². The van der Waals surface area contributed by atoms with Crippen LogP contribution >= 0.6 is 0 Å². The molecule has 0 atom stereocenters. The minimum absolute atomic E-state index is 0.0237. The van der Waals surface area contributed by atoms with E-state index in [-0.39, 0.29) is 5.82 Å². The molecule has 1 heterocycles. The molecule has 0 aliphatic carbocycles. The maximum atomic E-state index is 12.6. The summed E-state index contributed by atoms with van der Waals surface area (Å²) in [4.78, 5) is 3.68. The number of anilines is 1. The Hall–Kier alpha value is -1.36. The summed E-state index contributed by atoms with van der Waals surface area (Å²) < 4.78 is 17.4. The number of aromatic nitrogens is 1. The fourth-order valence-corrected chi connectivity index (χ4v) is 0.639. The highest BCUT2D eigenvalue weighted by atomic mass is 19.1. The van der Waals surface area contributed by atoms with E-state index < -0.39 is 5.82 Å². The molecule has 0 aliphatic rings. The molecule has 0 saturated heterocycles. The summed E-state index contributed by atoms with van der Waals surface area (Å²) in [6, 6.07) is 2.64. The third-order valence-electron chi connectivity index (χ3n) is 1.17. The van der Waals surface area contributed by atoms with Crippen LogP contribution in [0.15, 0.2) is 12.1 Å². The molecule has 3 N–H and O–H groups in total. The number of nitrogens with two attached hydrogens (primary N) is 1. The Bertz CT molecular complexity index is 254. The molecule has 0 aliphatic heterocycles. The van der Waals surface area contributed by atoms with E-state index in [0.717, 1.165) is 0 Å². The van der Waals surface area contributed by atoms with Crippen molar-refractivity contribution in [2.75, 3.05) is 12.5 Å². The lowest BCUT2D eigenvalue weighted by Gasteiger charge is -2.02. The molecule has 1 rings (SSSR count). The second-order valence-electron chi connectivity index (χ2n) is 1.83. The first-order chi connectivity index (χ1) is 5.27. The van der Waals surface area contributed by atoms with Crippen LogP contribution in [0, 0.1) is 5.82 Å². The highest BCUT2D eigenvalue weighted by molar-refractivity contribution is 5.37. The summed E-state index contributed by atoms with van der Waals surface area (Å²) in [5.41, 5.74) is 2.10. The first-order valence-electron chi connectivity index (χ1n) is 2.95. The molecular weight excluding hydrogens is 149 g/mol. The molecule has 0 amide bonds. The average Bonchev–Trinajstić information content (AvgIpc) is 2.05. The van der Waals surface area contributed by atoms with E-state index in [1.54, 1.807) is 0 Å². The molecule has 1 aromatic rings. The van der Waals surface area contributed by atoms with Gasteiger partial charge in [-0.05, 0) is 6.07 Å². The Morgan fingerprint density at radius 3 is 2.91 bits per heavy atom. The van der Waals surface area contributed by atoms with Crippen LogP contribution in [0.25, 0.3) is 0 Å². The predicted octanol–water partition coefficient (Wildman–Crippen LogP) is 0.515. The average molecular weight is 157 g/mol. The van der Waals surface area contributed by atoms with Gasteiger partial charge in [-0.2, -0.15) is 4.98 Å². The standard InChI is InChI=1S/C6H8FN3O/c1-11-5-3-2-4(7)6(9-5)10-8/h2-3H,8H2,1H3,(H,9,10). The topological polar surface area (TPSA) is 60.2 Å². The number of nitrogens with one attached hydrogen (secondary N) is 1. The van der Waals surface area contributed by atoms with Crippen molar-refractivity contribution in [1.82, 2.24) is 4.98 Å². The van der Waals surface area contributed by atoms with Gasteiger partial charge in [0, 0.05) is 6.07 Å². The minimum atomic E-state index is -0.506. The molecule has 0 fully saturated rings. The number of hydrogen-bond donors (Lipinski definition) is 2. The van der Waals surface area contributed by atoms with Crippen LogP contribution in [0.2, 0.25) is 0 Å². The van der Waals surface area contributed by atoms with Crippen LogP contribution < -0.4 is 16.0 Å². The normalized spacial score (nSPS) is 9.36. The molecule has 11 heavy (non-hydrogen) atoms. The van der Waals surface area contributed by atoms with Crippen LogP contribution in [-0.2, 0) is 0 Å². The number of rotatable bonds is 2.